The van der Waals surface area contributed by atoms with Crippen molar-refractivity contribution in [3.8, 4) is 0 Å². The first kappa shape index (κ1) is 10.5. The number of hydrogen-bond acceptors (Lipinski definition) is 3. The Morgan fingerprint density at radius 2 is 2.31 bits per heavy atom. The fourth-order valence-corrected chi connectivity index (χ4v) is 1.90. The molecule has 1 heterocycles. The number of carboxylic acids is 1. The number of hydrogen-bond donors (Lipinski definition) is 2. The highest BCUT2D eigenvalue weighted by molar-refractivity contribution is 5.69. The molecule has 13 heavy (non-hydrogen) atoms. The van der Waals surface area contributed by atoms with Gasteiger partial charge in [-0.25, -0.2) is 0 Å². The minimum Gasteiger partial charge on any atom is -0.480 e. The average Bonchev–Trinajstić information content (AvgIpc) is 2.04. The molecule has 1 aliphatic rings. The summed E-state index contributed by atoms with van der Waals surface area (Å²) in [6.07, 6.45) is 2.98. The number of rotatable bonds is 4. The minimum atomic E-state index is -0.760. The van der Waals surface area contributed by atoms with Crippen molar-refractivity contribution in [3.63, 3.8) is 0 Å². The van der Waals surface area contributed by atoms with Gasteiger partial charge in [-0.05, 0) is 31.7 Å². The molecular weight excluding hydrogens is 170 g/mol. The second-order valence-corrected chi connectivity index (χ2v) is 3.65. The van der Waals surface area contributed by atoms with Crippen LogP contribution in [0.5, 0.6) is 0 Å². The van der Waals surface area contributed by atoms with Gasteiger partial charge < -0.3 is 10.2 Å². The zero-order valence-electron chi connectivity index (χ0n) is 7.78. The van der Waals surface area contributed by atoms with E-state index < -0.39 is 5.97 Å². The Hall–Kier alpha value is -0.610. The number of piperidine rings is 1. The maximum atomic E-state index is 10.4. The van der Waals surface area contributed by atoms with Gasteiger partial charge in [0.05, 0.1) is 6.54 Å². The Morgan fingerprint density at radius 1 is 1.54 bits per heavy atom. The van der Waals surface area contributed by atoms with Gasteiger partial charge in [0.15, 0.2) is 0 Å². The molecule has 0 aromatic rings. The van der Waals surface area contributed by atoms with Gasteiger partial charge in [-0.2, -0.15) is 0 Å². The summed E-state index contributed by atoms with van der Waals surface area (Å²) in [6, 6.07) is 0. The highest BCUT2D eigenvalue weighted by Crippen LogP contribution is 2.18. The second kappa shape index (κ2) is 5.19. The van der Waals surface area contributed by atoms with Gasteiger partial charge in [0, 0.05) is 13.2 Å². The fraction of sp³-hybridized carbons (Fsp3) is 0.889. The van der Waals surface area contributed by atoms with Crippen molar-refractivity contribution in [3.05, 3.63) is 0 Å². The third-order valence-electron chi connectivity index (χ3n) is 2.50. The van der Waals surface area contributed by atoms with E-state index in [9.17, 15) is 4.79 Å². The van der Waals surface area contributed by atoms with E-state index in [0.29, 0.717) is 5.92 Å². The molecule has 1 atom stereocenters. The van der Waals surface area contributed by atoms with Crippen LogP contribution in [0.25, 0.3) is 0 Å². The summed E-state index contributed by atoms with van der Waals surface area (Å²) in [6.45, 7) is 2.06. The highest BCUT2D eigenvalue weighted by Gasteiger charge is 2.20. The van der Waals surface area contributed by atoms with Crippen LogP contribution in [0.15, 0.2) is 0 Å². The Kier molecular flexibility index (Phi) is 4.18. The van der Waals surface area contributed by atoms with E-state index in [1.807, 2.05) is 4.90 Å². The summed E-state index contributed by atoms with van der Waals surface area (Å²) < 4.78 is 0. The minimum absolute atomic E-state index is 0.141. The van der Waals surface area contributed by atoms with E-state index in [1.54, 1.807) is 0 Å². The van der Waals surface area contributed by atoms with Gasteiger partial charge in [-0.1, -0.05) is 0 Å². The molecule has 0 amide bonds. The van der Waals surface area contributed by atoms with Crippen LogP contribution in [0.3, 0.4) is 0 Å². The third-order valence-corrected chi connectivity index (χ3v) is 2.50. The maximum Gasteiger partial charge on any atom is 0.317 e. The second-order valence-electron chi connectivity index (χ2n) is 3.65. The molecule has 0 radical (unpaired) electrons. The van der Waals surface area contributed by atoms with Crippen LogP contribution in [0.1, 0.15) is 19.3 Å². The number of nitrogens with zero attached hydrogens (tertiary/aromatic N) is 1. The molecule has 1 aliphatic heterocycles. The number of carbonyl (C=O) groups is 1. The van der Waals surface area contributed by atoms with Gasteiger partial charge >= 0.3 is 5.97 Å². The Balaban J connectivity index is 2.28. The zero-order chi connectivity index (χ0) is 9.68. The molecule has 1 fully saturated rings. The number of carboxylic acid groups (broad SMARTS) is 1. The van der Waals surface area contributed by atoms with E-state index in [0.717, 1.165) is 32.4 Å². The molecule has 0 aromatic heterocycles. The molecule has 0 aromatic carbocycles. The van der Waals surface area contributed by atoms with Crippen molar-refractivity contribution in [1.82, 2.24) is 4.90 Å². The summed E-state index contributed by atoms with van der Waals surface area (Å²) in [5, 5.41) is 17.3. The van der Waals surface area contributed by atoms with Gasteiger partial charge in [0.25, 0.3) is 0 Å². The van der Waals surface area contributed by atoms with Crippen LogP contribution in [-0.2, 0) is 4.79 Å². The molecule has 4 heteroatoms. The molecule has 2 N–H and O–H groups in total. The van der Waals surface area contributed by atoms with Gasteiger partial charge in [-0.3, -0.25) is 9.69 Å². The van der Waals surface area contributed by atoms with Crippen molar-refractivity contribution >= 4 is 5.97 Å². The molecule has 76 valence electrons. The van der Waals surface area contributed by atoms with Crippen LogP contribution >= 0.6 is 0 Å². The normalized spacial score (nSPS) is 24.5. The topological polar surface area (TPSA) is 60.8 Å². The molecule has 1 unspecified atom stereocenters. The van der Waals surface area contributed by atoms with E-state index in [4.69, 9.17) is 10.2 Å². The fourth-order valence-electron chi connectivity index (χ4n) is 1.90. The smallest absolute Gasteiger partial charge is 0.317 e. The monoisotopic (exact) mass is 187 g/mol. The summed E-state index contributed by atoms with van der Waals surface area (Å²) in [7, 11) is 0. The Bertz CT molecular complexity index is 170. The largest absolute Gasteiger partial charge is 0.480 e. The molecule has 4 nitrogen and oxygen atoms in total. The van der Waals surface area contributed by atoms with Crippen LogP contribution in [-0.4, -0.2) is 47.3 Å². The van der Waals surface area contributed by atoms with Crippen molar-refractivity contribution in [2.24, 2.45) is 5.92 Å². The molecule has 0 spiro atoms. The van der Waals surface area contributed by atoms with Crippen molar-refractivity contribution in [1.29, 1.82) is 0 Å². The average molecular weight is 187 g/mol. The van der Waals surface area contributed by atoms with Crippen molar-refractivity contribution in [2.75, 3.05) is 26.2 Å². The van der Waals surface area contributed by atoms with E-state index in [2.05, 4.69) is 0 Å². The van der Waals surface area contributed by atoms with Gasteiger partial charge in [0.1, 0.15) is 0 Å². The highest BCUT2D eigenvalue weighted by atomic mass is 16.4. The Labute approximate surface area is 78.2 Å². The van der Waals surface area contributed by atoms with E-state index in [1.165, 1.54) is 0 Å². The summed E-state index contributed by atoms with van der Waals surface area (Å²) in [4.78, 5) is 12.4. The van der Waals surface area contributed by atoms with Crippen LogP contribution < -0.4 is 0 Å². The maximum absolute atomic E-state index is 10.4. The van der Waals surface area contributed by atoms with E-state index in [-0.39, 0.29) is 13.2 Å². The lowest BCUT2D eigenvalue weighted by molar-refractivity contribution is -0.138. The van der Waals surface area contributed by atoms with Crippen LogP contribution in [0.4, 0.5) is 0 Å². The first-order valence-electron chi connectivity index (χ1n) is 4.77. The first-order chi connectivity index (χ1) is 6.22. The number of aliphatic hydroxyl groups is 1. The number of aliphatic carboxylic acids is 1. The quantitative estimate of drug-likeness (QED) is 0.658. The lowest BCUT2D eigenvalue weighted by Crippen LogP contribution is -2.38. The Morgan fingerprint density at radius 3 is 2.92 bits per heavy atom. The number of likely N-dealkylation sites (tertiary alicyclic amines) is 1. The molecule has 0 saturated carbocycles. The van der Waals surface area contributed by atoms with Gasteiger partial charge in [-0.15, -0.1) is 0 Å². The first-order valence-corrected chi connectivity index (χ1v) is 4.77. The standard InChI is InChI=1S/C9H17NO3/c11-5-3-8-2-1-4-10(6-8)7-9(12)13/h8,11H,1-7H2,(H,12,13). The van der Waals surface area contributed by atoms with E-state index >= 15 is 0 Å². The zero-order valence-corrected chi connectivity index (χ0v) is 7.78. The molecule has 0 aliphatic carbocycles. The van der Waals surface area contributed by atoms with Crippen LogP contribution in [0.2, 0.25) is 0 Å². The lowest BCUT2D eigenvalue weighted by atomic mass is 9.95. The van der Waals surface area contributed by atoms with Gasteiger partial charge in [0.2, 0.25) is 0 Å². The van der Waals surface area contributed by atoms with Crippen molar-refractivity contribution < 1.29 is 15.0 Å². The SMILES string of the molecule is O=C(O)CN1CCCC(CCO)C1. The van der Waals surface area contributed by atoms with Crippen molar-refractivity contribution in [2.45, 2.75) is 19.3 Å². The molecule has 0 bridgehead atoms. The molecule has 1 saturated heterocycles. The summed E-state index contributed by atoms with van der Waals surface area (Å²) in [5.74, 6) is -0.275. The number of aliphatic hydroxyl groups excluding tert-OH is 1. The predicted octanol–water partition coefficient (Wildman–Crippen LogP) is 0.165. The summed E-state index contributed by atoms with van der Waals surface area (Å²) in [5.41, 5.74) is 0. The molecular formula is C9H17NO3. The third kappa shape index (κ3) is 3.74. The molecule has 1 rings (SSSR count). The van der Waals surface area contributed by atoms with Crippen LogP contribution in [0, 0.1) is 5.92 Å². The lowest BCUT2D eigenvalue weighted by Gasteiger charge is -2.31. The summed E-state index contributed by atoms with van der Waals surface area (Å²) >= 11 is 0. The predicted molar refractivity (Wildman–Crippen MR) is 48.5 cm³/mol.